The fourth-order valence-corrected chi connectivity index (χ4v) is 3.12. The van der Waals surface area contributed by atoms with E-state index >= 15 is 0 Å². The molecule has 1 aromatic heterocycles. The van der Waals surface area contributed by atoms with Crippen molar-refractivity contribution >= 4 is 28.6 Å². The molecule has 1 atom stereocenters. The molecule has 3 rings (SSSR count). The van der Waals surface area contributed by atoms with Gasteiger partial charge < -0.3 is 14.6 Å². The lowest BCUT2D eigenvalue weighted by molar-refractivity contribution is -0.141. The molecular formula is C17H20N2O2. The van der Waals surface area contributed by atoms with Gasteiger partial charge in [-0.15, -0.1) is 0 Å². The SMILES string of the molecule is CCCn1c2c(c3ccccc31)=CC(C(=O)OC)NC=2C. The number of fused-ring (bicyclic) bond motifs is 3. The number of methoxy groups -OCH3 is 1. The van der Waals surface area contributed by atoms with Crippen molar-refractivity contribution in [3.8, 4) is 0 Å². The Bertz CT molecular complexity index is 817. The highest BCUT2D eigenvalue weighted by Crippen LogP contribution is 2.11. The molecule has 1 unspecified atom stereocenters. The third kappa shape index (κ3) is 2.11. The van der Waals surface area contributed by atoms with Crippen LogP contribution in [0.15, 0.2) is 24.3 Å². The predicted molar refractivity (Wildman–Crippen MR) is 84.0 cm³/mol. The van der Waals surface area contributed by atoms with Crippen LogP contribution in [0, 0.1) is 0 Å². The number of hydrogen-bond acceptors (Lipinski definition) is 3. The lowest BCUT2D eigenvalue weighted by Crippen LogP contribution is -2.47. The summed E-state index contributed by atoms with van der Waals surface area (Å²) in [6, 6.07) is 7.93. The zero-order valence-electron chi connectivity index (χ0n) is 12.6. The Hall–Kier alpha value is -2.23. The van der Waals surface area contributed by atoms with E-state index in [2.05, 4.69) is 35.0 Å². The average Bonchev–Trinajstić information content (AvgIpc) is 2.82. The maximum Gasteiger partial charge on any atom is 0.332 e. The van der Waals surface area contributed by atoms with Crippen LogP contribution in [0.2, 0.25) is 0 Å². The summed E-state index contributed by atoms with van der Waals surface area (Å²) >= 11 is 0. The molecule has 110 valence electrons. The molecule has 4 heteroatoms. The van der Waals surface area contributed by atoms with E-state index < -0.39 is 6.04 Å². The van der Waals surface area contributed by atoms with Gasteiger partial charge in [0.25, 0.3) is 0 Å². The fourth-order valence-electron chi connectivity index (χ4n) is 3.12. The van der Waals surface area contributed by atoms with Crippen molar-refractivity contribution < 1.29 is 9.53 Å². The minimum atomic E-state index is -0.414. The number of carbonyl (C=O) groups excluding carboxylic acids is 1. The number of para-hydroxylation sites is 1. The van der Waals surface area contributed by atoms with Crippen LogP contribution in [0.25, 0.3) is 22.7 Å². The van der Waals surface area contributed by atoms with Gasteiger partial charge in [0.2, 0.25) is 0 Å². The van der Waals surface area contributed by atoms with Gasteiger partial charge in [-0.05, 0) is 25.5 Å². The fraction of sp³-hybridized carbons (Fsp3) is 0.353. The monoisotopic (exact) mass is 284 g/mol. The third-order valence-electron chi connectivity index (χ3n) is 3.97. The first-order chi connectivity index (χ1) is 10.2. The number of hydrogen-bond donors (Lipinski definition) is 1. The van der Waals surface area contributed by atoms with Crippen molar-refractivity contribution in [2.75, 3.05) is 7.11 Å². The minimum absolute atomic E-state index is 0.257. The number of aryl methyl sites for hydroxylation is 1. The lowest BCUT2D eigenvalue weighted by Gasteiger charge is -2.18. The van der Waals surface area contributed by atoms with Gasteiger partial charge in [-0.1, -0.05) is 25.1 Å². The summed E-state index contributed by atoms with van der Waals surface area (Å²) in [7, 11) is 1.42. The summed E-state index contributed by atoms with van der Waals surface area (Å²) in [4.78, 5) is 11.9. The van der Waals surface area contributed by atoms with Crippen molar-refractivity contribution in [2.24, 2.45) is 0 Å². The molecule has 0 spiro atoms. The second-order valence-corrected chi connectivity index (χ2v) is 5.37. The van der Waals surface area contributed by atoms with Crippen molar-refractivity contribution in [3.63, 3.8) is 0 Å². The molecule has 0 saturated carbocycles. The molecule has 1 aromatic carbocycles. The van der Waals surface area contributed by atoms with Crippen molar-refractivity contribution in [3.05, 3.63) is 34.8 Å². The van der Waals surface area contributed by atoms with Gasteiger partial charge >= 0.3 is 5.97 Å². The van der Waals surface area contributed by atoms with Crippen molar-refractivity contribution in [1.82, 2.24) is 9.88 Å². The number of nitrogens with zero attached hydrogens (tertiary/aromatic N) is 1. The van der Waals surface area contributed by atoms with Crippen LogP contribution in [0.3, 0.4) is 0 Å². The van der Waals surface area contributed by atoms with Crippen LogP contribution < -0.4 is 15.9 Å². The number of nitrogens with one attached hydrogen (secondary N) is 1. The molecule has 0 fully saturated rings. The van der Waals surface area contributed by atoms with Crippen LogP contribution in [0.4, 0.5) is 0 Å². The van der Waals surface area contributed by atoms with E-state index in [-0.39, 0.29) is 5.97 Å². The maximum atomic E-state index is 11.9. The molecule has 2 aromatic rings. The zero-order valence-corrected chi connectivity index (χ0v) is 12.6. The largest absolute Gasteiger partial charge is 0.467 e. The first-order valence-electron chi connectivity index (χ1n) is 7.31. The Balaban J connectivity index is 2.37. The quantitative estimate of drug-likeness (QED) is 0.859. The number of benzene rings is 1. The molecule has 0 bridgehead atoms. The topological polar surface area (TPSA) is 43.3 Å². The Morgan fingerprint density at radius 3 is 2.86 bits per heavy atom. The number of rotatable bonds is 3. The van der Waals surface area contributed by atoms with E-state index in [0.717, 1.165) is 23.9 Å². The highest BCUT2D eigenvalue weighted by molar-refractivity contribution is 5.89. The van der Waals surface area contributed by atoms with E-state index in [0.29, 0.717) is 0 Å². The van der Waals surface area contributed by atoms with Crippen LogP contribution in [0.5, 0.6) is 0 Å². The molecule has 2 heterocycles. The lowest BCUT2D eigenvalue weighted by atomic mass is 10.1. The standard InChI is InChI=1S/C17H20N2O2/c1-4-9-19-15-8-6-5-7-12(15)13-10-14(17(20)21-3)18-11(2)16(13)19/h5-8,10,14,18H,4,9H2,1-3H3. The second-order valence-electron chi connectivity index (χ2n) is 5.37. The van der Waals surface area contributed by atoms with E-state index in [4.69, 9.17) is 4.74 Å². The van der Waals surface area contributed by atoms with Gasteiger partial charge in [-0.3, -0.25) is 0 Å². The minimum Gasteiger partial charge on any atom is -0.467 e. The van der Waals surface area contributed by atoms with Crippen LogP contribution in [-0.2, 0) is 16.1 Å². The first kappa shape index (κ1) is 13.7. The summed E-state index contributed by atoms with van der Waals surface area (Å²) in [5, 5.41) is 6.75. The summed E-state index contributed by atoms with van der Waals surface area (Å²) < 4.78 is 7.20. The normalized spacial score (nSPS) is 17.1. The van der Waals surface area contributed by atoms with Gasteiger partial charge in [0.05, 0.1) is 12.5 Å². The maximum absolute atomic E-state index is 11.9. The zero-order chi connectivity index (χ0) is 15.0. The third-order valence-corrected chi connectivity index (χ3v) is 3.97. The van der Waals surface area contributed by atoms with Crippen LogP contribution >= 0.6 is 0 Å². The molecule has 0 amide bonds. The van der Waals surface area contributed by atoms with Crippen molar-refractivity contribution in [2.45, 2.75) is 32.9 Å². The molecule has 0 aliphatic carbocycles. The van der Waals surface area contributed by atoms with Gasteiger partial charge in [-0.2, -0.15) is 0 Å². The number of aromatic nitrogens is 1. The first-order valence-corrected chi connectivity index (χ1v) is 7.31. The molecule has 1 aliphatic heterocycles. The van der Waals surface area contributed by atoms with Gasteiger partial charge in [-0.25, -0.2) is 4.79 Å². The van der Waals surface area contributed by atoms with Crippen LogP contribution in [0.1, 0.15) is 20.3 Å². The van der Waals surface area contributed by atoms with Gasteiger partial charge in [0.1, 0.15) is 6.04 Å². The van der Waals surface area contributed by atoms with E-state index in [1.807, 2.05) is 19.1 Å². The Labute approximate surface area is 123 Å². The molecule has 1 aliphatic rings. The molecule has 21 heavy (non-hydrogen) atoms. The summed E-state index contributed by atoms with van der Waals surface area (Å²) in [5.74, 6) is -0.257. The van der Waals surface area contributed by atoms with Gasteiger partial charge in [0, 0.05) is 28.4 Å². The number of esters is 1. The van der Waals surface area contributed by atoms with Crippen LogP contribution in [-0.4, -0.2) is 23.7 Å². The molecular weight excluding hydrogens is 264 g/mol. The summed E-state index contributed by atoms with van der Waals surface area (Å²) in [6.45, 7) is 5.16. The Kier molecular flexibility index (Phi) is 3.45. The van der Waals surface area contributed by atoms with E-state index in [9.17, 15) is 4.79 Å². The van der Waals surface area contributed by atoms with E-state index in [1.54, 1.807) is 0 Å². The molecule has 4 nitrogen and oxygen atoms in total. The number of carbonyl (C=O) groups is 1. The number of ether oxygens (including phenoxy) is 1. The molecule has 1 N–H and O–H groups in total. The smallest absolute Gasteiger partial charge is 0.332 e. The Morgan fingerprint density at radius 2 is 2.14 bits per heavy atom. The second kappa shape index (κ2) is 5.28. The predicted octanol–water partition coefficient (Wildman–Crippen LogP) is 1.10. The summed E-state index contributed by atoms with van der Waals surface area (Å²) in [6.07, 6.45) is 3.04. The summed E-state index contributed by atoms with van der Waals surface area (Å²) in [5.41, 5.74) is 2.24. The van der Waals surface area contributed by atoms with Gasteiger partial charge in [0.15, 0.2) is 0 Å². The van der Waals surface area contributed by atoms with E-state index in [1.165, 1.54) is 23.4 Å². The van der Waals surface area contributed by atoms with Crippen molar-refractivity contribution in [1.29, 1.82) is 0 Å². The highest BCUT2D eigenvalue weighted by atomic mass is 16.5. The highest BCUT2D eigenvalue weighted by Gasteiger charge is 2.22. The average molecular weight is 284 g/mol. The Morgan fingerprint density at radius 1 is 1.38 bits per heavy atom. The molecule has 0 saturated heterocycles. The molecule has 0 radical (unpaired) electrons.